The molecule has 2 rings (SSSR count). The molecule has 0 aliphatic rings. The Labute approximate surface area is 87.4 Å². The summed E-state index contributed by atoms with van der Waals surface area (Å²) < 4.78 is 0. The van der Waals surface area contributed by atoms with Gasteiger partial charge in [-0.3, -0.25) is 0 Å². The van der Waals surface area contributed by atoms with Crippen LogP contribution in [-0.2, 0) is 0 Å². The van der Waals surface area contributed by atoms with Gasteiger partial charge in [-0.15, -0.1) is 0 Å². The number of hydrogen-bond donors (Lipinski definition) is 3. The molecule has 76 valence electrons. The summed E-state index contributed by atoms with van der Waals surface area (Å²) in [6.45, 7) is 0. The van der Waals surface area contributed by atoms with E-state index in [1.807, 2.05) is 0 Å². The van der Waals surface area contributed by atoms with Gasteiger partial charge in [0.1, 0.15) is 11.5 Å². The van der Waals surface area contributed by atoms with Crippen molar-refractivity contribution in [3.8, 4) is 22.6 Å². The average molecular weight is 201 g/mol. The van der Waals surface area contributed by atoms with Crippen LogP contribution in [-0.4, -0.2) is 10.2 Å². The van der Waals surface area contributed by atoms with Crippen LogP contribution in [0.4, 0.5) is 5.69 Å². The number of anilines is 1. The molecule has 15 heavy (non-hydrogen) atoms. The lowest BCUT2D eigenvalue weighted by molar-refractivity contribution is 0.474. The van der Waals surface area contributed by atoms with Gasteiger partial charge in [0.25, 0.3) is 0 Å². The molecule has 0 bridgehead atoms. The maximum Gasteiger partial charge on any atom is 0.146 e. The van der Waals surface area contributed by atoms with E-state index in [-0.39, 0.29) is 11.5 Å². The Bertz CT molecular complexity index is 477. The standard InChI is InChI=1S/C12H11NO2/c13-11-3-1-2-10(12(11)15)8-4-6-9(14)7-5-8/h1-7,14-15H,13H2. The number of rotatable bonds is 1. The first kappa shape index (κ1) is 9.40. The van der Waals surface area contributed by atoms with Crippen molar-refractivity contribution >= 4 is 5.69 Å². The van der Waals surface area contributed by atoms with E-state index in [4.69, 9.17) is 10.8 Å². The van der Waals surface area contributed by atoms with Crippen LogP contribution in [0.15, 0.2) is 42.5 Å². The fourth-order valence-electron chi connectivity index (χ4n) is 1.44. The smallest absolute Gasteiger partial charge is 0.146 e. The SMILES string of the molecule is Nc1cccc(-c2ccc(O)cc2)c1O. The highest BCUT2D eigenvalue weighted by molar-refractivity contribution is 5.76. The van der Waals surface area contributed by atoms with Crippen molar-refractivity contribution in [3.05, 3.63) is 42.5 Å². The van der Waals surface area contributed by atoms with Crippen molar-refractivity contribution in [2.75, 3.05) is 5.73 Å². The van der Waals surface area contributed by atoms with Crippen LogP contribution in [0, 0.1) is 0 Å². The topological polar surface area (TPSA) is 66.5 Å². The normalized spacial score (nSPS) is 10.1. The van der Waals surface area contributed by atoms with Crippen LogP contribution in [0.2, 0.25) is 0 Å². The lowest BCUT2D eigenvalue weighted by Crippen LogP contribution is -1.87. The van der Waals surface area contributed by atoms with E-state index in [1.54, 1.807) is 42.5 Å². The predicted octanol–water partition coefficient (Wildman–Crippen LogP) is 2.35. The van der Waals surface area contributed by atoms with E-state index >= 15 is 0 Å². The van der Waals surface area contributed by atoms with E-state index in [0.717, 1.165) is 5.56 Å². The van der Waals surface area contributed by atoms with Crippen LogP contribution in [0.1, 0.15) is 0 Å². The Morgan fingerprint density at radius 1 is 0.867 bits per heavy atom. The van der Waals surface area contributed by atoms with Gasteiger partial charge in [0.2, 0.25) is 0 Å². The number of nitrogens with two attached hydrogens (primary N) is 1. The summed E-state index contributed by atoms with van der Waals surface area (Å²) in [4.78, 5) is 0. The van der Waals surface area contributed by atoms with E-state index in [1.165, 1.54) is 0 Å². The van der Waals surface area contributed by atoms with Gasteiger partial charge in [-0.25, -0.2) is 0 Å². The first-order valence-electron chi connectivity index (χ1n) is 4.55. The highest BCUT2D eigenvalue weighted by Gasteiger charge is 2.06. The molecule has 3 nitrogen and oxygen atoms in total. The molecular weight excluding hydrogens is 190 g/mol. The van der Waals surface area contributed by atoms with Crippen LogP contribution < -0.4 is 5.73 Å². The van der Waals surface area contributed by atoms with Crippen molar-refractivity contribution in [1.82, 2.24) is 0 Å². The van der Waals surface area contributed by atoms with Gasteiger partial charge in [0, 0.05) is 5.56 Å². The minimum atomic E-state index is 0.0724. The molecule has 3 heteroatoms. The predicted molar refractivity (Wildman–Crippen MR) is 59.6 cm³/mol. The molecule has 0 saturated heterocycles. The Balaban J connectivity index is 2.54. The maximum absolute atomic E-state index is 9.73. The van der Waals surface area contributed by atoms with Gasteiger partial charge >= 0.3 is 0 Å². The van der Waals surface area contributed by atoms with Crippen LogP contribution in [0.3, 0.4) is 0 Å². The van der Waals surface area contributed by atoms with Crippen molar-refractivity contribution in [2.24, 2.45) is 0 Å². The summed E-state index contributed by atoms with van der Waals surface area (Å²) >= 11 is 0. The fourth-order valence-corrected chi connectivity index (χ4v) is 1.44. The zero-order valence-electron chi connectivity index (χ0n) is 8.01. The third-order valence-corrected chi connectivity index (χ3v) is 2.25. The number of aromatic hydroxyl groups is 2. The van der Waals surface area contributed by atoms with E-state index in [2.05, 4.69) is 0 Å². The molecular formula is C12H11NO2. The average Bonchev–Trinajstić information content (AvgIpc) is 2.24. The van der Waals surface area contributed by atoms with Gasteiger partial charge in [-0.2, -0.15) is 0 Å². The van der Waals surface area contributed by atoms with E-state index in [9.17, 15) is 5.11 Å². The Morgan fingerprint density at radius 3 is 2.20 bits per heavy atom. The first-order valence-corrected chi connectivity index (χ1v) is 4.55. The monoisotopic (exact) mass is 201 g/mol. The van der Waals surface area contributed by atoms with Crippen molar-refractivity contribution in [1.29, 1.82) is 0 Å². The maximum atomic E-state index is 9.73. The van der Waals surface area contributed by atoms with Crippen molar-refractivity contribution in [3.63, 3.8) is 0 Å². The lowest BCUT2D eigenvalue weighted by atomic mass is 10.0. The minimum Gasteiger partial charge on any atom is -0.508 e. The Kier molecular flexibility index (Phi) is 2.21. The van der Waals surface area contributed by atoms with Crippen molar-refractivity contribution in [2.45, 2.75) is 0 Å². The number of nitrogen functional groups attached to an aromatic ring is 1. The van der Waals surface area contributed by atoms with Gasteiger partial charge in [0.05, 0.1) is 5.69 Å². The molecule has 4 N–H and O–H groups in total. The summed E-state index contributed by atoms with van der Waals surface area (Å²) in [5.41, 5.74) is 7.42. The van der Waals surface area contributed by atoms with Crippen molar-refractivity contribution < 1.29 is 10.2 Å². The number of hydrogen-bond acceptors (Lipinski definition) is 3. The molecule has 0 saturated carbocycles. The second-order valence-electron chi connectivity index (χ2n) is 3.29. The number of benzene rings is 2. The third-order valence-electron chi connectivity index (χ3n) is 2.25. The van der Waals surface area contributed by atoms with Gasteiger partial charge in [-0.05, 0) is 23.8 Å². The highest BCUT2D eigenvalue weighted by Crippen LogP contribution is 2.33. The second kappa shape index (κ2) is 3.53. The Hall–Kier alpha value is -2.16. The molecule has 2 aromatic rings. The number of para-hydroxylation sites is 1. The summed E-state index contributed by atoms with van der Waals surface area (Å²) in [7, 11) is 0. The molecule has 0 aromatic heterocycles. The summed E-state index contributed by atoms with van der Waals surface area (Å²) in [5.74, 6) is 0.269. The van der Waals surface area contributed by atoms with Gasteiger partial charge in [0.15, 0.2) is 0 Å². The number of phenols is 2. The van der Waals surface area contributed by atoms with E-state index in [0.29, 0.717) is 11.3 Å². The zero-order chi connectivity index (χ0) is 10.8. The molecule has 0 spiro atoms. The number of phenolic OH excluding ortho intramolecular Hbond substituents is 2. The third kappa shape index (κ3) is 1.72. The molecule has 0 fully saturated rings. The summed E-state index contributed by atoms with van der Waals surface area (Å²) in [6.07, 6.45) is 0. The summed E-state index contributed by atoms with van der Waals surface area (Å²) in [6, 6.07) is 11.8. The molecule has 0 unspecified atom stereocenters. The molecule has 0 radical (unpaired) electrons. The summed E-state index contributed by atoms with van der Waals surface area (Å²) in [5, 5.41) is 18.9. The highest BCUT2D eigenvalue weighted by atomic mass is 16.3. The van der Waals surface area contributed by atoms with Crippen LogP contribution in [0.25, 0.3) is 11.1 Å². The fraction of sp³-hybridized carbons (Fsp3) is 0. The molecule has 0 heterocycles. The van der Waals surface area contributed by atoms with Crippen LogP contribution in [0.5, 0.6) is 11.5 Å². The largest absolute Gasteiger partial charge is 0.508 e. The van der Waals surface area contributed by atoms with Gasteiger partial charge in [-0.1, -0.05) is 24.3 Å². The molecule has 0 aliphatic heterocycles. The lowest BCUT2D eigenvalue weighted by Gasteiger charge is -2.06. The molecule has 0 aliphatic carbocycles. The quantitative estimate of drug-likeness (QED) is 0.490. The molecule has 2 aromatic carbocycles. The second-order valence-corrected chi connectivity index (χ2v) is 3.29. The Morgan fingerprint density at radius 2 is 1.53 bits per heavy atom. The first-order chi connectivity index (χ1) is 7.18. The van der Waals surface area contributed by atoms with Gasteiger partial charge < -0.3 is 15.9 Å². The molecule has 0 atom stereocenters. The molecule has 0 amide bonds. The zero-order valence-corrected chi connectivity index (χ0v) is 8.01. The van der Waals surface area contributed by atoms with Crippen LogP contribution >= 0.6 is 0 Å². The van der Waals surface area contributed by atoms with E-state index < -0.39 is 0 Å². The minimum absolute atomic E-state index is 0.0724.